The summed E-state index contributed by atoms with van der Waals surface area (Å²) in [6.07, 6.45) is 0.794. The highest BCUT2D eigenvalue weighted by molar-refractivity contribution is 5.77. The summed E-state index contributed by atoms with van der Waals surface area (Å²) in [7, 11) is 3.32. The molecule has 0 aliphatic carbocycles. The van der Waals surface area contributed by atoms with E-state index in [-0.39, 0.29) is 11.4 Å². The molecule has 0 fully saturated rings. The Hall–Kier alpha value is -2.75. The van der Waals surface area contributed by atoms with Crippen molar-refractivity contribution in [2.24, 2.45) is 14.1 Å². The van der Waals surface area contributed by atoms with E-state index in [0.717, 1.165) is 28.7 Å². The molecule has 1 N–H and O–H groups in total. The molecule has 3 rings (SSSR count). The van der Waals surface area contributed by atoms with Gasteiger partial charge in [-0.05, 0) is 34.7 Å². The Kier molecular flexibility index (Phi) is 3.82. The molecule has 0 aliphatic heterocycles. The van der Waals surface area contributed by atoms with Gasteiger partial charge in [0.25, 0.3) is 5.56 Å². The predicted octanol–water partition coefficient (Wildman–Crippen LogP) is 3.33. The molecule has 0 saturated carbocycles. The largest absolute Gasteiger partial charge is 0.493 e. The van der Waals surface area contributed by atoms with Gasteiger partial charge < -0.3 is 5.11 Å². The number of aromatic hydroxyl groups is 1. The highest BCUT2D eigenvalue weighted by atomic mass is 16.3. The number of aryl methyl sites for hydroxylation is 1. The highest BCUT2D eigenvalue weighted by Crippen LogP contribution is 2.32. The molecule has 0 radical (unpaired) electrons. The third kappa shape index (κ3) is 2.46. The van der Waals surface area contributed by atoms with Gasteiger partial charge >= 0.3 is 0 Å². The molecule has 0 saturated heterocycles. The lowest BCUT2D eigenvalue weighted by atomic mass is 9.94. The average Bonchev–Trinajstić information content (AvgIpc) is 2.78. The van der Waals surface area contributed by atoms with Crippen LogP contribution in [0.15, 0.2) is 53.3 Å². The van der Waals surface area contributed by atoms with Crippen LogP contribution in [0.2, 0.25) is 0 Å². The van der Waals surface area contributed by atoms with Gasteiger partial charge in [-0.2, -0.15) is 0 Å². The van der Waals surface area contributed by atoms with Crippen LogP contribution in [0.5, 0.6) is 5.88 Å². The minimum Gasteiger partial charge on any atom is -0.493 e. The van der Waals surface area contributed by atoms with E-state index in [4.69, 9.17) is 0 Å². The zero-order valence-electron chi connectivity index (χ0n) is 13.6. The van der Waals surface area contributed by atoms with Gasteiger partial charge in [0.1, 0.15) is 5.56 Å². The van der Waals surface area contributed by atoms with Crippen LogP contribution in [0.3, 0.4) is 0 Å². The first kappa shape index (κ1) is 15.2. The van der Waals surface area contributed by atoms with Crippen LogP contribution in [0.25, 0.3) is 22.3 Å². The molecule has 0 amide bonds. The van der Waals surface area contributed by atoms with Crippen molar-refractivity contribution in [2.45, 2.75) is 13.3 Å². The van der Waals surface area contributed by atoms with Gasteiger partial charge in [0.05, 0.1) is 0 Å². The maximum absolute atomic E-state index is 12.5. The van der Waals surface area contributed by atoms with Gasteiger partial charge in [0.2, 0.25) is 5.88 Å². The number of nitrogens with zero attached hydrogens (tertiary/aromatic N) is 2. The van der Waals surface area contributed by atoms with Crippen molar-refractivity contribution < 1.29 is 5.11 Å². The molecule has 1 heterocycles. The van der Waals surface area contributed by atoms with Crippen molar-refractivity contribution in [1.82, 2.24) is 9.36 Å². The second-order valence-corrected chi connectivity index (χ2v) is 5.64. The molecule has 0 atom stereocenters. The fraction of sp³-hybridized carbons (Fsp3) is 0.211. The lowest BCUT2D eigenvalue weighted by molar-refractivity contribution is 0.398. The molecule has 23 heavy (non-hydrogen) atoms. The maximum Gasteiger partial charge on any atom is 0.278 e. The molecule has 3 aromatic rings. The molecule has 4 nitrogen and oxygen atoms in total. The minimum atomic E-state index is -0.190. The summed E-state index contributed by atoms with van der Waals surface area (Å²) in [6.45, 7) is 2.05. The maximum atomic E-state index is 12.5. The van der Waals surface area contributed by atoms with Gasteiger partial charge in [-0.1, -0.05) is 49.4 Å². The summed E-state index contributed by atoms with van der Waals surface area (Å²) in [5, 5.41) is 10.4. The van der Waals surface area contributed by atoms with Crippen LogP contribution in [-0.2, 0) is 20.5 Å². The van der Waals surface area contributed by atoms with E-state index in [1.807, 2.05) is 49.4 Å². The summed E-state index contributed by atoms with van der Waals surface area (Å²) in [6, 6.07) is 16.1. The van der Waals surface area contributed by atoms with E-state index in [1.54, 1.807) is 14.1 Å². The van der Waals surface area contributed by atoms with Crippen molar-refractivity contribution in [3.8, 4) is 28.1 Å². The van der Waals surface area contributed by atoms with Crippen molar-refractivity contribution >= 4 is 0 Å². The molecule has 2 aromatic carbocycles. The molecular weight excluding hydrogens is 288 g/mol. The number of hydrogen-bond donors (Lipinski definition) is 1. The monoisotopic (exact) mass is 308 g/mol. The predicted molar refractivity (Wildman–Crippen MR) is 92.6 cm³/mol. The molecule has 0 spiro atoms. The summed E-state index contributed by atoms with van der Waals surface area (Å²) >= 11 is 0. The first-order valence-corrected chi connectivity index (χ1v) is 7.68. The Morgan fingerprint density at radius 3 is 2.22 bits per heavy atom. The van der Waals surface area contributed by atoms with E-state index in [2.05, 4.69) is 6.07 Å². The van der Waals surface area contributed by atoms with Crippen LogP contribution >= 0.6 is 0 Å². The standard InChI is InChI=1S/C19H20N2O2/c1-4-13-10-11-15(14-8-6-5-7-9-14)12-16(13)17-18(22)20(2)21(3)19(17)23/h5-12,22H,4H2,1-3H3. The first-order valence-electron chi connectivity index (χ1n) is 7.68. The Bertz CT molecular complexity index is 905. The first-order chi connectivity index (χ1) is 11.0. The Balaban J connectivity index is 2.27. The van der Waals surface area contributed by atoms with Crippen molar-refractivity contribution in [3.63, 3.8) is 0 Å². The lowest BCUT2D eigenvalue weighted by Gasteiger charge is -2.10. The number of rotatable bonds is 3. The van der Waals surface area contributed by atoms with Gasteiger partial charge in [-0.25, -0.2) is 0 Å². The summed E-state index contributed by atoms with van der Waals surface area (Å²) in [5.41, 5.74) is 4.14. The lowest BCUT2D eigenvalue weighted by Crippen LogP contribution is -2.17. The second kappa shape index (κ2) is 5.80. The van der Waals surface area contributed by atoms with Crippen LogP contribution in [0.4, 0.5) is 0 Å². The molecule has 0 aliphatic rings. The Morgan fingerprint density at radius 1 is 0.957 bits per heavy atom. The topological polar surface area (TPSA) is 47.2 Å². The van der Waals surface area contributed by atoms with E-state index in [1.165, 1.54) is 9.36 Å². The molecular formula is C19H20N2O2. The quantitative estimate of drug-likeness (QED) is 0.807. The highest BCUT2D eigenvalue weighted by Gasteiger charge is 2.19. The Morgan fingerprint density at radius 2 is 1.65 bits per heavy atom. The van der Waals surface area contributed by atoms with Crippen molar-refractivity contribution in [1.29, 1.82) is 0 Å². The van der Waals surface area contributed by atoms with E-state index in [0.29, 0.717) is 5.56 Å². The number of aromatic nitrogens is 2. The number of hydrogen-bond acceptors (Lipinski definition) is 2. The van der Waals surface area contributed by atoms with Crippen LogP contribution < -0.4 is 5.56 Å². The number of benzene rings is 2. The smallest absolute Gasteiger partial charge is 0.278 e. The molecule has 0 unspecified atom stereocenters. The molecule has 1 aromatic heterocycles. The summed E-state index contributed by atoms with van der Waals surface area (Å²) < 4.78 is 2.88. The molecule has 4 heteroatoms. The van der Waals surface area contributed by atoms with Crippen LogP contribution in [0.1, 0.15) is 12.5 Å². The summed E-state index contributed by atoms with van der Waals surface area (Å²) in [5.74, 6) is -0.00240. The van der Waals surface area contributed by atoms with Gasteiger partial charge in [-0.3, -0.25) is 14.2 Å². The zero-order chi connectivity index (χ0) is 16.6. The van der Waals surface area contributed by atoms with Gasteiger partial charge in [0, 0.05) is 14.1 Å². The van der Waals surface area contributed by atoms with E-state index < -0.39 is 0 Å². The van der Waals surface area contributed by atoms with Crippen molar-refractivity contribution in [3.05, 3.63) is 64.4 Å². The minimum absolute atomic E-state index is 0.00240. The fourth-order valence-corrected chi connectivity index (χ4v) is 2.86. The third-order valence-corrected chi connectivity index (χ3v) is 4.36. The average molecular weight is 308 g/mol. The summed E-state index contributed by atoms with van der Waals surface area (Å²) in [4.78, 5) is 12.5. The van der Waals surface area contributed by atoms with Crippen LogP contribution in [0, 0.1) is 0 Å². The van der Waals surface area contributed by atoms with Crippen LogP contribution in [-0.4, -0.2) is 14.5 Å². The van der Waals surface area contributed by atoms with Crippen molar-refractivity contribution in [2.75, 3.05) is 0 Å². The molecule has 118 valence electrons. The fourth-order valence-electron chi connectivity index (χ4n) is 2.86. The zero-order valence-corrected chi connectivity index (χ0v) is 13.6. The molecule has 0 bridgehead atoms. The second-order valence-electron chi connectivity index (χ2n) is 5.64. The van der Waals surface area contributed by atoms with Gasteiger partial charge in [0.15, 0.2) is 0 Å². The van der Waals surface area contributed by atoms with Gasteiger partial charge in [-0.15, -0.1) is 0 Å². The van der Waals surface area contributed by atoms with E-state index >= 15 is 0 Å². The van der Waals surface area contributed by atoms with E-state index in [9.17, 15) is 9.90 Å². The Labute approximate surface area is 135 Å². The normalized spacial score (nSPS) is 10.9. The SMILES string of the molecule is CCc1ccc(-c2ccccc2)cc1-c1c(O)n(C)n(C)c1=O. The third-order valence-electron chi connectivity index (χ3n) is 4.36.